The summed E-state index contributed by atoms with van der Waals surface area (Å²) in [5, 5.41) is 16.6. The van der Waals surface area contributed by atoms with Crippen molar-refractivity contribution in [2.45, 2.75) is 12.6 Å². The first kappa shape index (κ1) is 12.8. The molecule has 1 aliphatic rings. The zero-order valence-electron chi connectivity index (χ0n) is 11.1. The molecule has 20 heavy (non-hydrogen) atoms. The van der Waals surface area contributed by atoms with Gasteiger partial charge in [0, 0.05) is 32.4 Å². The summed E-state index contributed by atoms with van der Waals surface area (Å²) in [6.45, 7) is 3.53. The maximum Gasteiger partial charge on any atom is 0.350 e. The maximum atomic E-state index is 12.1. The molecule has 0 aliphatic carbocycles. The summed E-state index contributed by atoms with van der Waals surface area (Å²) in [5.41, 5.74) is 0.513. The molecule has 0 aromatic carbocycles. The minimum absolute atomic E-state index is 0.128. The average molecular weight is 272 g/mol. The molecule has 7 heteroatoms. The van der Waals surface area contributed by atoms with E-state index in [0.29, 0.717) is 25.3 Å². The van der Waals surface area contributed by atoms with E-state index in [1.54, 1.807) is 12.3 Å². The molecule has 1 saturated heterocycles. The van der Waals surface area contributed by atoms with E-state index in [9.17, 15) is 4.79 Å². The molecule has 3 rings (SSSR count). The van der Waals surface area contributed by atoms with Crippen molar-refractivity contribution in [3.05, 3.63) is 34.9 Å². The first-order valence-corrected chi connectivity index (χ1v) is 6.68. The quantitative estimate of drug-likeness (QED) is 0.799. The highest BCUT2D eigenvalue weighted by Gasteiger charge is 2.21. The number of piperazine rings is 1. The third-order valence-corrected chi connectivity index (χ3v) is 3.59. The molecule has 1 N–H and O–H groups in total. The number of fused-ring (bicyclic) bond motifs is 1. The molecule has 2 aromatic heterocycles. The SMILES string of the molecule is N#CC1CNCCN1CCn1nc2ccccn2c1=O. The van der Waals surface area contributed by atoms with Crippen LogP contribution in [0.25, 0.3) is 5.65 Å². The van der Waals surface area contributed by atoms with E-state index in [2.05, 4.69) is 21.4 Å². The molecule has 1 atom stereocenters. The van der Waals surface area contributed by atoms with Crippen LogP contribution in [0.4, 0.5) is 0 Å². The lowest BCUT2D eigenvalue weighted by atomic mass is 10.2. The molecule has 104 valence electrons. The van der Waals surface area contributed by atoms with Gasteiger partial charge in [-0.15, -0.1) is 5.10 Å². The molecule has 1 fully saturated rings. The normalized spacial score (nSPS) is 20.1. The molecule has 1 aliphatic heterocycles. The Morgan fingerprint density at radius 3 is 3.15 bits per heavy atom. The number of pyridine rings is 1. The van der Waals surface area contributed by atoms with Crippen molar-refractivity contribution in [1.29, 1.82) is 5.26 Å². The summed E-state index contributed by atoms with van der Waals surface area (Å²) in [4.78, 5) is 14.2. The van der Waals surface area contributed by atoms with Crippen LogP contribution >= 0.6 is 0 Å². The fourth-order valence-corrected chi connectivity index (χ4v) is 2.48. The number of nitriles is 1. The second-order valence-corrected chi connectivity index (χ2v) is 4.82. The molecular formula is C13H16N6O. The smallest absolute Gasteiger partial charge is 0.313 e. The van der Waals surface area contributed by atoms with Crippen LogP contribution in [0.2, 0.25) is 0 Å². The fraction of sp³-hybridized carbons (Fsp3) is 0.462. The van der Waals surface area contributed by atoms with Crippen LogP contribution in [0.15, 0.2) is 29.2 Å². The van der Waals surface area contributed by atoms with Gasteiger partial charge in [0.25, 0.3) is 0 Å². The molecule has 0 radical (unpaired) electrons. The standard InChI is InChI=1S/C13H16N6O/c14-9-11-10-15-4-6-17(11)7-8-19-13(20)18-5-2-1-3-12(18)16-19/h1-3,5,11,15H,4,6-8,10H2. The van der Waals surface area contributed by atoms with Gasteiger partial charge in [0.15, 0.2) is 5.65 Å². The number of rotatable bonds is 3. The van der Waals surface area contributed by atoms with Gasteiger partial charge < -0.3 is 5.32 Å². The van der Waals surface area contributed by atoms with E-state index in [-0.39, 0.29) is 11.7 Å². The van der Waals surface area contributed by atoms with E-state index in [4.69, 9.17) is 5.26 Å². The lowest BCUT2D eigenvalue weighted by Gasteiger charge is -2.31. The lowest BCUT2D eigenvalue weighted by Crippen LogP contribution is -2.51. The van der Waals surface area contributed by atoms with E-state index >= 15 is 0 Å². The maximum absolute atomic E-state index is 12.1. The Morgan fingerprint density at radius 1 is 1.45 bits per heavy atom. The van der Waals surface area contributed by atoms with Crippen molar-refractivity contribution < 1.29 is 0 Å². The highest BCUT2D eigenvalue weighted by molar-refractivity contribution is 5.35. The van der Waals surface area contributed by atoms with Gasteiger partial charge in [0.2, 0.25) is 0 Å². The zero-order chi connectivity index (χ0) is 13.9. The van der Waals surface area contributed by atoms with Gasteiger partial charge in [0.05, 0.1) is 12.6 Å². The molecule has 7 nitrogen and oxygen atoms in total. The second-order valence-electron chi connectivity index (χ2n) is 4.82. The average Bonchev–Trinajstić information content (AvgIpc) is 2.82. The van der Waals surface area contributed by atoms with Crippen LogP contribution < -0.4 is 11.0 Å². The summed E-state index contributed by atoms with van der Waals surface area (Å²) in [6.07, 6.45) is 1.71. The van der Waals surface area contributed by atoms with Gasteiger partial charge in [-0.25, -0.2) is 9.48 Å². The summed E-state index contributed by atoms with van der Waals surface area (Å²) in [5.74, 6) is 0. The molecule has 3 heterocycles. The lowest BCUT2D eigenvalue weighted by molar-refractivity contribution is 0.187. The Labute approximate surface area is 116 Å². The highest BCUT2D eigenvalue weighted by atomic mass is 16.2. The van der Waals surface area contributed by atoms with Crippen molar-refractivity contribution in [2.24, 2.45) is 0 Å². The summed E-state index contributed by atoms with van der Waals surface area (Å²) < 4.78 is 2.99. The Kier molecular flexibility index (Phi) is 3.50. The van der Waals surface area contributed by atoms with Crippen LogP contribution in [0, 0.1) is 11.3 Å². The zero-order valence-corrected chi connectivity index (χ0v) is 11.1. The molecule has 2 aromatic rings. The molecular weight excluding hydrogens is 256 g/mol. The van der Waals surface area contributed by atoms with Crippen molar-refractivity contribution >= 4 is 5.65 Å². The largest absolute Gasteiger partial charge is 0.350 e. The Morgan fingerprint density at radius 2 is 2.35 bits per heavy atom. The molecule has 1 unspecified atom stereocenters. The fourth-order valence-electron chi connectivity index (χ4n) is 2.48. The number of aromatic nitrogens is 3. The minimum atomic E-state index is -0.135. The Hall–Kier alpha value is -2.17. The van der Waals surface area contributed by atoms with Crippen LogP contribution in [-0.4, -0.2) is 51.3 Å². The minimum Gasteiger partial charge on any atom is -0.313 e. The topological polar surface area (TPSA) is 78.4 Å². The first-order chi connectivity index (χ1) is 9.79. The molecule has 0 spiro atoms. The van der Waals surface area contributed by atoms with Crippen molar-refractivity contribution in [3.63, 3.8) is 0 Å². The molecule has 0 bridgehead atoms. The van der Waals surface area contributed by atoms with Crippen molar-refractivity contribution in [1.82, 2.24) is 24.4 Å². The van der Waals surface area contributed by atoms with Crippen LogP contribution in [0.1, 0.15) is 0 Å². The van der Waals surface area contributed by atoms with Crippen molar-refractivity contribution in [2.75, 3.05) is 26.2 Å². The highest BCUT2D eigenvalue weighted by Crippen LogP contribution is 2.02. The van der Waals surface area contributed by atoms with Crippen LogP contribution in [0.5, 0.6) is 0 Å². The number of hydrogen-bond acceptors (Lipinski definition) is 5. The van der Waals surface area contributed by atoms with Gasteiger partial charge in [-0.05, 0) is 12.1 Å². The predicted octanol–water partition coefficient (Wildman–Crippen LogP) is -0.707. The number of hydrogen-bond donors (Lipinski definition) is 1. The Balaban J connectivity index is 1.75. The third kappa shape index (κ3) is 2.31. The van der Waals surface area contributed by atoms with Gasteiger partial charge >= 0.3 is 5.69 Å². The van der Waals surface area contributed by atoms with Crippen LogP contribution in [-0.2, 0) is 6.54 Å². The first-order valence-electron chi connectivity index (χ1n) is 6.68. The predicted molar refractivity (Wildman–Crippen MR) is 73.3 cm³/mol. The van der Waals surface area contributed by atoms with Crippen molar-refractivity contribution in [3.8, 4) is 6.07 Å². The summed E-state index contributed by atoms with van der Waals surface area (Å²) in [6, 6.07) is 7.62. The van der Waals surface area contributed by atoms with Gasteiger partial charge in [-0.2, -0.15) is 5.26 Å². The number of nitrogens with one attached hydrogen (secondary N) is 1. The van der Waals surface area contributed by atoms with E-state index in [1.165, 1.54) is 9.08 Å². The Bertz CT molecular complexity index is 697. The van der Waals surface area contributed by atoms with E-state index in [0.717, 1.165) is 13.1 Å². The van der Waals surface area contributed by atoms with Gasteiger partial charge in [0.1, 0.15) is 6.04 Å². The molecule has 0 amide bonds. The van der Waals surface area contributed by atoms with Gasteiger partial charge in [-0.1, -0.05) is 6.07 Å². The summed E-state index contributed by atoms with van der Waals surface area (Å²) in [7, 11) is 0. The van der Waals surface area contributed by atoms with Crippen LogP contribution in [0.3, 0.4) is 0 Å². The third-order valence-electron chi connectivity index (χ3n) is 3.59. The second kappa shape index (κ2) is 5.45. The van der Waals surface area contributed by atoms with E-state index < -0.39 is 0 Å². The van der Waals surface area contributed by atoms with E-state index in [1.807, 2.05) is 12.1 Å². The monoisotopic (exact) mass is 272 g/mol. The summed E-state index contributed by atoms with van der Waals surface area (Å²) >= 11 is 0. The molecule has 0 saturated carbocycles. The number of nitrogens with zero attached hydrogens (tertiary/aromatic N) is 5. The van der Waals surface area contributed by atoms with Gasteiger partial charge in [-0.3, -0.25) is 9.30 Å².